The first-order valence-electron chi connectivity index (χ1n) is 11.6. The summed E-state index contributed by atoms with van der Waals surface area (Å²) < 4.78 is 13.8. The second-order valence-electron chi connectivity index (χ2n) is 8.64. The quantitative estimate of drug-likeness (QED) is 0.261. The Labute approximate surface area is 227 Å². The van der Waals surface area contributed by atoms with Crippen LogP contribution in [-0.2, 0) is 11.3 Å². The molecule has 9 nitrogen and oxygen atoms in total. The lowest BCUT2D eigenvalue weighted by Gasteiger charge is -2.22. The van der Waals surface area contributed by atoms with Crippen molar-refractivity contribution in [3.05, 3.63) is 56.9 Å². The second-order valence-corrected chi connectivity index (χ2v) is 10.8. The Morgan fingerprint density at radius 2 is 1.92 bits per heavy atom. The van der Waals surface area contributed by atoms with E-state index in [9.17, 15) is 9.59 Å². The minimum atomic E-state index is -0.368. The molecule has 3 aromatic rings. The number of anilines is 1. The van der Waals surface area contributed by atoms with Crippen molar-refractivity contribution in [1.29, 1.82) is 0 Å². The zero-order chi connectivity index (χ0) is 25.8. The number of nitrogens with one attached hydrogen (secondary N) is 2. The van der Waals surface area contributed by atoms with E-state index in [-0.39, 0.29) is 36.3 Å². The van der Waals surface area contributed by atoms with Gasteiger partial charge in [-0.1, -0.05) is 25.6 Å². The zero-order valence-electron chi connectivity index (χ0n) is 20.5. The number of fused-ring (bicyclic) bond motifs is 1. The Morgan fingerprint density at radius 1 is 1.14 bits per heavy atom. The van der Waals surface area contributed by atoms with Crippen molar-refractivity contribution in [3.8, 4) is 11.5 Å². The highest BCUT2D eigenvalue weighted by Crippen LogP contribution is 2.33. The molecule has 1 aliphatic rings. The van der Waals surface area contributed by atoms with Crippen molar-refractivity contribution in [1.82, 2.24) is 20.1 Å². The number of ether oxygens (including phenoxy) is 2. The number of rotatable bonds is 9. The van der Waals surface area contributed by atoms with Gasteiger partial charge >= 0.3 is 0 Å². The summed E-state index contributed by atoms with van der Waals surface area (Å²) in [6.07, 6.45) is 0. The molecule has 0 saturated heterocycles. The van der Waals surface area contributed by atoms with Gasteiger partial charge in [-0.15, -0.1) is 10.2 Å². The molecule has 11 heteroatoms. The molecule has 0 aliphatic carbocycles. The van der Waals surface area contributed by atoms with E-state index in [4.69, 9.17) is 9.47 Å². The van der Waals surface area contributed by atoms with E-state index in [1.807, 2.05) is 50.5 Å². The van der Waals surface area contributed by atoms with Crippen LogP contribution >= 0.6 is 34.4 Å². The lowest BCUT2D eigenvalue weighted by molar-refractivity contribution is -0.113. The third-order valence-electron chi connectivity index (χ3n) is 5.72. The molecule has 1 aromatic heterocycles. The van der Waals surface area contributed by atoms with Crippen molar-refractivity contribution in [3.63, 3.8) is 0 Å². The zero-order valence-corrected chi connectivity index (χ0v) is 23.5. The van der Waals surface area contributed by atoms with Gasteiger partial charge in [-0.05, 0) is 84.3 Å². The van der Waals surface area contributed by atoms with Crippen LogP contribution in [0.2, 0.25) is 0 Å². The molecule has 1 unspecified atom stereocenters. The number of carbonyl (C=O) groups excluding carboxylic acids is 2. The average molecular weight is 622 g/mol. The fraction of sp³-hybridized carbons (Fsp3) is 0.360. The van der Waals surface area contributed by atoms with Gasteiger partial charge in [0.25, 0.3) is 5.91 Å². The van der Waals surface area contributed by atoms with Gasteiger partial charge in [-0.2, -0.15) is 0 Å². The van der Waals surface area contributed by atoms with E-state index in [1.165, 1.54) is 11.8 Å². The number of halogens is 1. The minimum absolute atomic E-state index is 0.0578. The molecule has 36 heavy (non-hydrogen) atoms. The monoisotopic (exact) mass is 621 g/mol. The summed E-state index contributed by atoms with van der Waals surface area (Å²) in [6.45, 7) is 8.74. The van der Waals surface area contributed by atoms with Gasteiger partial charge < -0.3 is 24.7 Å². The number of hydrogen-bond acceptors (Lipinski definition) is 7. The maximum Gasteiger partial charge on any atom is 0.252 e. The number of carbonyl (C=O) groups is 2. The van der Waals surface area contributed by atoms with Crippen LogP contribution in [0.3, 0.4) is 0 Å². The van der Waals surface area contributed by atoms with Crippen LogP contribution in [0.4, 0.5) is 5.69 Å². The molecular formula is C25H28IN5O4S. The largest absolute Gasteiger partial charge is 0.454 e. The van der Waals surface area contributed by atoms with Gasteiger partial charge in [-0.3, -0.25) is 9.59 Å². The Balaban J connectivity index is 1.45. The first-order valence-corrected chi connectivity index (χ1v) is 13.7. The Bertz CT molecular complexity index is 1280. The highest BCUT2D eigenvalue weighted by molar-refractivity contribution is 14.1. The summed E-state index contributed by atoms with van der Waals surface area (Å²) in [5.74, 6) is 1.73. The van der Waals surface area contributed by atoms with Gasteiger partial charge in [0.05, 0.1) is 11.8 Å². The number of nitrogens with zero attached hydrogens (tertiary/aromatic N) is 3. The molecule has 0 saturated carbocycles. The highest BCUT2D eigenvalue weighted by atomic mass is 127. The van der Waals surface area contributed by atoms with E-state index in [2.05, 4.69) is 43.4 Å². The van der Waals surface area contributed by atoms with Crippen LogP contribution in [0.1, 0.15) is 48.6 Å². The van der Waals surface area contributed by atoms with Gasteiger partial charge in [0.2, 0.25) is 12.7 Å². The average Bonchev–Trinajstić information content (AvgIpc) is 3.48. The molecule has 1 atom stereocenters. The molecule has 2 aromatic carbocycles. The van der Waals surface area contributed by atoms with E-state index in [0.717, 1.165) is 14.8 Å². The summed E-state index contributed by atoms with van der Waals surface area (Å²) in [6, 6.07) is 10.6. The maximum absolute atomic E-state index is 13.1. The number of amides is 2. The van der Waals surface area contributed by atoms with Crippen molar-refractivity contribution in [2.45, 2.75) is 45.4 Å². The molecule has 4 rings (SSSR count). The number of hydrogen-bond donors (Lipinski definition) is 2. The molecule has 190 valence electrons. The topological polar surface area (TPSA) is 107 Å². The first kappa shape index (κ1) is 26.3. The standard InChI is InChI=1S/C25H28IN5O4S/c1-5-31-23(22(14(2)3)28-24(33)16-6-9-19-20(11-16)35-13-34-19)29-30-25(31)36-12-21(32)27-18-8-7-17(26)10-15(18)4/h6-11,14,22H,5,12-13H2,1-4H3,(H,27,32)(H,28,33). The summed E-state index contributed by atoms with van der Waals surface area (Å²) >= 11 is 3.56. The maximum atomic E-state index is 13.1. The lowest BCUT2D eigenvalue weighted by Crippen LogP contribution is -2.33. The smallest absolute Gasteiger partial charge is 0.252 e. The van der Waals surface area contributed by atoms with Crippen LogP contribution in [0.5, 0.6) is 11.5 Å². The Morgan fingerprint density at radius 3 is 2.64 bits per heavy atom. The molecule has 0 spiro atoms. The summed E-state index contributed by atoms with van der Waals surface area (Å²) in [4.78, 5) is 25.6. The Hall–Kier alpha value is -2.80. The molecule has 0 fully saturated rings. The van der Waals surface area contributed by atoms with Crippen LogP contribution in [0.25, 0.3) is 0 Å². The SMILES string of the molecule is CCn1c(SCC(=O)Nc2ccc(I)cc2C)nnc1C(NC(=O)c1ccc2c(c1)OCO2)C(C)C. The fourth-order valence-electron chi connectivity index (χ4n) is 3.81. The van der Waals surface area contributed by atoms with E-state index >= 15 is 0 Å². The molecular weight excluding hydrogens is 593 g/mol. The highest BCUT2D eigenvalue weighted by Gasteiger charge is 2.27. The van der Waals surface area contributed by atoms with E-state index in [0.29, 0.717) is 34.6 Å². The molecule has 2 N–H and O–H groups in total. The normalized spacial score (nSPS) is 13.1. The molecule has 2 heterocycles. The van der Waals surface area contributed by atoms with Crippen LogP contribution in [0.15, 0.2) is 41.6 Å². The molecule has 0 bridgehead atoms. The van der Waals surface area contributed by atoms with Crippen molar-refractivity contribution >= 4 is 51.9 Å². The minimum Gasteiger partial charge on any atom is -0.454 e. The van der Waals surface area contributed by atoms with Gasteiger partial charge in [0.15, 0.2) is 22.5 Å². The lowest BCUT2D eigenvalue weighted by atomic mass is 10.0. The molecule has 2 amide bonds. The number of aryl methyl sites for hydroxylation is 1. The third kappa shape index (κ3) is 5.94. The van der Waals surface area contributed by atoms with Gasteiger partial charge in [0, 0.05) is 21.4 Å². The second kappa shape index (κ2) is 11.5. The van der Waals surface area contributed by atoms with Crippen LogP contribution in [0, 0.1) is 16.4 Å². The van der Waals surface area contributed by atoms with Crippen molar-refractivity contribution < 1.29 is 19.1 Å². The van der Waals surface area contributed by atoms with Crippen LogP contribution in [-0.4, -0.2) is 39.1 Å². The molecule has 0 radical (unpaired) electrons. The number of thioether (sulfide) groups is 1. The third-order valence-corrected chi connectivity index (χ3v) is 7.36. The number of aromatic nitrogens is 3. The van der Waals surface area contributed by atoms with Crippen LogP contribution < -0.4 is 20.1 Å². The Kier molecular flexibility index (Phi) is 8.39. The van der Waals surface area contributed by atoms with Crippen molar-refractivity contribution in [2.75, 3.05) is 17.9 Å². The summed E-state index contributed by atoms with van der Waals surface area (Å²) in [7, 11) is 0. The van der Waals surface area contributed by atoms with Gasteiger partial charge in [0.1, 0.15) is 0 Å². The summed E-state index contributed by atoms with van der Waals surface area (Å²) in [5, 5.41) is 15.4. The fourth-order valence-corrected chi connectivity index (χ4v) is 5.27. The van der Waals surface area contributed by atoms with Crippen molar-refractivity contribution in [2.24, 2.45) is 5.92 Å². The first-order chi connectivity index (χ1) is 17.3. The molecule has 1 aliphatic heterocycles. The van der Waals surface area contributed by atoms with E-state index < -0.39 is 0 Å². The predicted octanol–water partition coefficient (Wildman–Crippen LogP) is 4.80. The van der Waals surface area contributed by atoms with E-state index in [1.54, 1.807) is 18.2 Å². The summed E-state index contributed by atoms with van der Waals surface area (Å²) in [5.41, 5.74) is 2.28. The number of benzene rings is 2. The van der Waals surface area contributed by atoms with Gasteiger partial charge in [-0.25, -0.2) is 0 Å². The predicted molar refractivity (Wildman–Crippen MR) is 147 cm³/mol.